The van der Waals surface area contributed by atoms with Crippen molar-refractivity contribution in [3.8, 4) is 0 Å². The minimum absolute atomic E-state index is 0.110. The van der Waals surface area contributed by atoms with Crippen molar-refractivity contribution in [3.05, 3.63) is 0 Å². The fraction of sp³-hybridized carbons (Fsp3) is 0.933. The van der Waals surface area contributed by atoms with Gasteiger partial charge in [0.2, 0.25) is 6.41 Å². The highest BCUT2D eigenvalue weighted by Crippen LogP contribution is 2.31. The molecule has 1 rings (SSSR count). The number of hydrogen-bond acceptors (Lipinski definition) is 2. The maximum Gasteiger partial charge on any atom is 0.209 e. The van der Waals surface area contributed by atoms with Crippen molar-refractivity contribution in [1.82, 2.24) is 10.2 Å². The Morgan fingerprint density at radius 3 is 2.17 bits per heavy atom. The van der Waals surface area contributed by atoms with Crippen LogP contribution in [0, 0.1) is 0 Å². The zero-order chi connectivity index (χ0) is 13.8. The predicted octanol–water partition coefficient (Wildman–Crippen LogP) is 2.94. The molecule has 0 saturated carbocycles. The Hall–Kier alpha value is -0.570. The van der Waals surface area contributed by atoms with Gasteiger partial charge in [0.25, 0.3) is 0 Å². The van der Waals surface area contributed by atoms with Crippen LogP contribution in [-0.2, 0) is 4.79 Å². The molecule has 3 heteroatoms. The SMILES string of the molecule is CCCCCN(C=O)C1CC(C)(C)NC(C)(C)C1. The quantitative estimate of drug-likeness (QED) is 0.584. The predicted molar refractivity (Wildman–Crippen MR) is 76.6 cm³/mol. The summed E-state index contributed by atoms with van der Waals surface area (Å²) in [7, 11) is 0. The molecule has 106 valence electrons. The third-order valence-corrected chi connectivity index (χ3v) is 3.79. The zero-order valence-electron chi connectivity index (χ0n) is 12.8. The molecule has 0 atom stereocenters. The first-order valence-corrected chi connectivity index (χ1v) is 7.30. The van der Waals surface area contributed by atoms with Crippen LogP contribution in [0.25, 0.3) is 0 Å². The third-order valence-electron chi connectivity index (χ3n) is 3.79. The van der Waals surface area contributed by atoms with Gasteiger partial charge in [-0.25, -0.2) is 0 Å². The van der Waals surface area contributed by atoms with E-state index < -0.39 is 0 Å². The van der Waals surface area contributed by atoms with Crippen LogP contribution in [-0.4, -0.2) is 35.0 Å². The molecule has 1 aliphatic heterocycles. The number of nitrogens with one attached hydrogen (secondary N) is 1. The van der Waals surface area contributed by atoms with Crippen LogP contribution in [0.2, 0.25) is 0 Å². The van der Waals surface area contributed by atoms with Crippen LogP contribution in [0.1, 0.15) is 66.7 Å². The molecule has 1 saturated heterocycles. The van der Waals surface area contributed by atoms with E-state index in [0.717, 1.165) is 32.2 Å². The minimum atomic E-state index is 0.110. The van der Waals surface area contributed by atoms with E-state index in [-0.39, 0.29) is 11.1 Å². The van der Waals surface area contributed by atoms with Crippen LogP contribution in [0.15, 0.2) is 0 Å². The summed E-state index contributed by atoms with van der Waals surface area (Å²) in [4.78, 5) is 13.4. The number of nitrogens with zero attached hydrogens (tertiary/aromatic N) is 1. The van der Waals surface area contributed by atoms with Crippen LogP contribution in [0.5, 0.6) is 0 Å². The van der Waals surface area contributed by atoms with Crippen molar-refractivity contribution in [1.29, 1.82) is 0 Å². The maximum atomic E-state index is 11.3. The molecule has 1 fully saturated rings. The van der Waals surface area contributed by atoms with Gasteiger partial charge >= 0.3 is 0 Å². The summed E-state index contributed by atoms with van der Waals surface area (Å²) in [5.74, 6) is 0. The lowest BCUT2D eigenvalue weighted by molar-refractivity contribution is -0.122. The van der Waals surface area contributed by atoms with Gasteiger partial charge in [-0.3, -0.25) is 4.79 Å². The molecule has 1 heterocycles. The Labute approximate surface area is 112 Å². The van der Waals surface area contributed by atoms with Gasteiger partial charge in [0.15, 0.2) is 0 Å². The van der Waals surface area contributed by atoms with Crippen molar-refractivity contribution in [2.45, 2.75) is 83.8 Å². The van der Waals surface area contributed by atoms with E-state index in [4.69, 9.17) is 0 Å². The highest BCUT2D eigenvalue weighted by atomic mass is 16.1. The van der Waals surface area contributed by atoms with E-state index in [2.05, 4.69) is 39.9 Å². The largest absolute Gasteiger partial charge is 0.342 e. The number of rotatable bonds is 6. The van der Waals surface area contributed by atoms with Crippen molar-refractivity contribution in [3.63, 3.8) is 0 Å². The van der Waals surface area contributed by atoms with Crippen molar-refractivity contribution >= 4 is 6.41 Å². The topological polar surface area (TPSA) is 32.3 Å². The highest BCUT2D eigenvalue weighted by Gasteiger charge is 2.39. The Kier molecular flexibility index (Phi) is 5.20. The second-order valence-electron chi connectivity index (χ2n) is 7.01. The Balaban J connectivity index is 2.64. The lowest BCUT2D eigenvalue weighted by Crippen LogP contribution is -2.62. The Bertz CT molecular complexity index is 258. The van der Waals surface area contributed by atoms with Crippen molar-refractivity contribution < 1.29 is 4.79 Å². The smallest absolute Gasteiger partial charge is 0.209 e. The Morgan fingerprint density at radius 1 is 1.17 bits per heavy atom. The summed E-state index contributed by atoms with van der Waals surface area (Å²) in [5.41, 5.74) is 0.219. The average Bonchev–Trinajstić information content (AvgIpc) is 2.20. The third kappa shape index (κ3) is 4.60. The summed E-state index contributed by atoms with van der Waals surface area (Å²) in [6.45, 7) is 12.0. The van der Waals surface area contributed by atoms with Gasteiger partial charge in [-0.15, -0.1) is 0 Å². The molecule has 0 aromatic carbocycles. The molecule has 0 spiro atoms. The molecule has 1 N–H and O–H groups in total. The maximum absolute atomic E-state index is 11.3. The first-order valence-electron chi connectivity index (χ1n) is 7.30. The van der Waals surface area contributed by atoms with E-state index in [0.29, 0.717) is 6.04 Å². The Morgan fingerprint density at radius 2 is 1.72 bits per heavy atom. The summed E-state index contributed by atoms with van der Waals surface area (Å²) < 4.78 is 0. The van der Waals surface area contributed by atoms with Crippen LogP contribution in [0.4, 0.5) is 0 Å². The van der Waals surface area contributed by atoms with Gasteiger partial charge in [0.1, 0.15) is 0 Å². The number of amides is 1. The van der Waals surface area contributed by atoms with Crippen molar-refractivity contribution in [2.24, 2.45) is 0 Å². The molecule has 0 aromatic rings. The molecule has 18 heavy (non-hydrogen) atoms. The normalized spacial score (nSPS) is 22.7. The van der Waals surface area contributed by atoms with Gasteiger partial charge in [0, 0.05) is 23.7 Å². The molecule has 3 nitrogen and oxygen atoms in total. The number of piperidine rings is 1. The molecule has 0 radical (unpaired) electrons. The average molecular weight is 254 g/mol. The number of unbranched alkanes of at least 4 members (excludes halogenated alkanes) is 2. The highest BCUT2D eigenvalue weighted by molar-refractivity contribution is 5.48. The zero-order valence-corrected chi connectivity index (χ0v) is 12.8. The fourth-order valence-electron chi connectivity index (χ4n) is 3.37. The first-order chi connectivity index (χ1) is 8.29. The van der Waals surface area contributed by atoms with Crippen molar-refractivity contribution in [2.75, 3.05) is 6.54 Å². The molecular formula is C15H30N2O. The minimum Gasteiger partial charge on any atom is -0.342 e. The molecule has 0 bridgehead atoms. The number of carbonyl (C=O) groups excluding carboxylic acids is 1. The van der Waals surface area contributed by atoms with Crippen LogP contribution < -0.4 is 5.32 Å². The number of carbonyl (C=O) groups is 1. The van der Waals surface area contributed by atoms with Gasteiger partial charge in [-0.2, -0.15) is 0 Å². The van der Waals surface area contributed by atoms with Gasteiger partial charge in [0.05, 0.1) is 0 Å². The monoisotopic (exact) mass is 254 g/mol. The van der Waals surface area contributed by atoms with Gasteiger partial charge < -0.3 is 10.2 Å². The van der Waals surface area contributed by atoms with E-state index in [1.807, 2.05) is 4.90 Å². The lowest BCUT2D eigenvalue weighted by atomic mass is 9.79. The van der Waals surface area contributed by atoms with E-state index >= 15 is 0 Å². The summed E-state index contributed by atoms with van der Waals surface area (Å²) in [6, 6.07) is 0.380. The second kappa shape index (κ2) is 6.05. The summed E-state index contributed by atoms with van der Waals surface area (Å²) >= 11 is 0. The number of hydrogen-bond donors (Lipinski definition) is 1. The molecule has 1 amide bonds. The molecule has 0 unspecified atom stereocenters. The molecular weight excluding hydrogens is 224 g/mol. The fourth-order valence-corrected chi connectivity index (χ4v) is 3.37. The first kappa shape index (κ1) is 15.5. The lowest BCUT2D eigenvalue weighted by Gasteiger charge is -2.49. The van der Waals surface area contributed by atoms with Crippen LogP contribution in [0.3, 0.4) is 0 Å². The van der Waals surface area contributed by atoms with E-state index in [9.17, 15) is 4.79 Å². The van der Waals surface area contributed by atoms with E-state index in [1.165, 1.54) is 12.8 Å². The summed E-state index contributed by atoms with van der Waals surface area (Å²) in [6.07, 6.45) is 6.68. The second-order valence-corrected chi connectivity index (χ2v) is 7.01. The van der Waals surface area contributed by atoms with Gasteiger partial charge in [-0.1, -0.05) is 19.8 Å². The van der Waals surface area contributed by atoms with Gasteiger partial charge in [-0.05, 0) is 47.0 Å². The van der Waals surface area contributed by atoms with E-state index in [1.54, 1.807) is 0 Å². The summed E-state index contributed by atoms with van der Waals surface area (Å²) in [5, 5.41) is 3.67. The molecule has 0 aromatic heterocycles. The molecule has 0 aliphatic carbocycles. The standard InChI is InChI=1S/C15H30N2O/c1-6-7-8-9-17(12-18)13-10-14(2,3)16-15(4,5)11-13/h12-13,16H,6-11H2,1-5H3. The van der Waals surface area contributed by atoms with Crippen LogP contribution >= 0.6 is 0 Å². The molecule has 1 aliphatic rings.